The quantitative estimate of drug-likeness (QED) is 0.884. The number of methoxy groups -OCH3 is 3. The van der Waals surface area contributed by atoms with E-state index in [9.17, 15) is 4.79 Å². The molecule has 0 saturated heterocycles. The standard InChI is InChI=1S/C19H21NO4/c1-22-15-7-5-14(6-8-15)20-18(21)19(10-11-19)13-4-9-16(23-2)17(12-13)24-3/h4-9,12H,10-11H2,1-3H3,(H,20,21). The Bertz CT molecular complexity index is 736. The highest BCUT2D eigenvalue weighted by Crippen LogP contribution is 2.50. The summed E-state index contributed by atoms with van der Waals surface area (Å²) in [5, 5.41) is 2.99. The van der Waals surface area contributed by atoms with Crippen LogP contribution in [-0.2, 0) is 10.2 Å². The van der Waals surface area contributed by atoms with Crippen LogP contribution in [0.4, 0.5) is 5.69 Å². The monoisotopic (exact) mass is 327 g/mol. The SMILES string of the molecule is COc1ccc(NC(=O)C2(c3ccc(OC)c(OC)c3)CC2)cc1. The summed E-state index contributed by atoms with van der Waals surface area (Å²) in [6.45, 7) is 0. The van der Waals surface area contributed by atoms with E-state index in [4.69, 9.17) is 14.2 Å². The molecule has 3 rings (SSSR count). The third-order valence-corrected chi connectivity index (χ3v) is 4.47. The molecule has 1 aliphatic rings. The summed E-state index contributed by atoms with van der Waals surface area (Å²) in [4.78, 5) is 12.8. The molecule has 1 N–H and O–H groups in total. The molecule has 0 unspecified atom stereocenters. The Morgan fingerprint density at radius 1 is 0.917 bits per heavy atom. The first kappa shape index (κ1) is 16.2. The molecule has 5 nitrogen and oxygen atoms in total. The van der Waals surface area contributed by atoms with Crippen LogP contribution in [-0.4, -0.2) is 27.2 Å². The zero-order valence-corrected chi connectivity index (χ0v) is 14.1. The van der Waals surface area contributed by atoms with Crippen molar-refractivity contribution in [2.45, 2.75) is 18.3 Å². The van der Waals surface area contributed by atoms with Crippen molar-refractivity contribution in [1.82, 2.24) is 0 Å². The molecule has 126 valence electrons. The van der Waals surface area contributed by atoms with E-state index in [2.05, 4.69) is 5.32 Å². The van der Waals surface area contributed by atoms with Crippen molar-refractivity contribution in [3.05, 3.63) is 48.0 Å². The predicted octanol–water partition coefficient (Wildman–Crippen LogP) is 3.38. The van der Waals surface area contributed by atoms with E-state index in [0.717, 1.165) is 29.8 Å². The lowest BCUT2D eigenvalue weighted by atomic mass is 9.94. The first-order chi connectivity index (χ1) is 11.6. The number of hydrogen-bond acceptors (Lipinski definition) is 4. The van der Waals surface area contributed by atoms with E-state index in [-0.39, 0.29) is 5.91 Å². The fourth-order valence-corrected chi connectivity index (χ4v) is 2.83. The number of carbonyl (C=O) groups excluding carboxylic acids is 1. The van der Waals surface area contributed by atoms with Gasteiger partial charge in [0.2, 0.25) is 5.91 Å². The summed E-state index contributed by atoms with van der Waals surface area (Å²) in [5.74, 6) is 2.06. The number of carbonyl (C=O) groups is 1. The minimum atomic E-state index is -0.487. The van der Waals surface area contributed by atoms with Crippen LogP contribution in [0.3, 0.4) is 0 Å². The molecular weight excluding hydrogens is 306 g/mol. The first-order valence-electron chi connectivity index (χ1n) is 7.81. The minimum absolute atomic E-state index is 0.000105. The molecule has 1 fully saturated rings. The Kier molecular flexibility index (Phi) is 4.34. The molecule has 0 aliphatic heterocycles. The summed E-state index contributed by atoms with van der Waals surface area (Å²) in [5.41, 5.74) is 1.22. The Morgan fingerprint density at radius 3 is 2.12 bits per heavy atom. The lowest BCUT2D eigenvalue weighted by Gasteiger charge is -2.18. The number of rotatable bonds is 6. The Balaban J connectivity index is 1.81. The van der Waals surface area contributed by atoms with E-state index in [0.29, 0.717) is 11.5 Å². The largest absolute Gasteiger partial charge is 0.497 e. The van der Waals surface area contributed by atoms with Gasteiger partial charge in [0.25, 0.3) is 0 Å². The van der Waals surface area contributed by atoms with Crippen LogP contribution >= 0.6 is 0 Å². The topological polar surface area (TPSA) is 56.8 Å². The first-order valence-corrected chi connectivity index (χ1v) is 7.81. The van der Waals surface area contributed by atoms with Gasteiger partial charge in [0.15, 0.2) is 11.5 Å². The van der Waals surface area contributed by atoms with Crippen LogP contribution in [0.15, 0.2) is 42.5 Å². The number of amides is 1. The van der Waals surface area contributed by atoms with E-state index < -0.39 is 5.41 Å². The third kappa shape index (κ3) is 2.89. The molecule has 0 aromatic heterocycles. The fraction of sp³-hybridized carbons (Fsp3) is 0.316. The van der Waals surface area contributed by atoms with Crippen LogP contribution in [0.25, 0.3) is 0 Å². The molecule has 1 aliphatic carbocycles. The van der Waals surface area contributed by atoms with Crippen molar-refractivity contribution in [1.29, 1.82) is 0 Å². The molecule has 1 saturated carbocycles. The number of benzene rings is 2. The fourth-order valence-electron chi connectivity index (χ4n) is 2.83. The van der Waals surface area contributed by atoms with E-state index in [1.807, 2.05) is 42.5 Å². The Morgan fingerprint density at radius 2 is 1.58 bits per heavy atom. The van der Waals surface area contributed by atoms with Gasteiger partial charge in [0.05, 0.1) is 26.7 Å². The van der Waals surface area contributed by atoms with Crippen LogP contribution < -0.4 is 19.5 Å². The molecule has 5 heteroatoms. The maximum Gasteiger partial charge on any atom is 0.235 e. The Labute approximate surface area is 141 Å². The summed E-state index contributed by atoms with van der Waals surface area (Å²) in [6, 6.07) is 13.0. The third-order valence-electron chi connectivity index (χ3n) is 4.47. The molecule has 1 amide bonds. The lowest BCUT2D eigenvalue weighted by Crippen LogP contribution is -2.27. The Hall–Kier alpha value is -2.69. The molecule has 2 aromatic rings. The number of ether oxygens (including phenoxy) is 3. The molecule has 2 aromatic carbocycles. The van der Waals surface area contributed by atoms with Gasteiger partial charge in [0.1, 0.15) is 5.75 Å². The highest BCUT2D eigenvalue weighted by atomic mass is 16.5. The van der Waals surface area contributed by atoms with Gasteiger partial charge in [-0.1, -0.05) is 6.07 Å². The summed E-state index contributed by atoms with van der Waals surface area (Å²) in [7, 11) is 4.81. The van der Waals surface area contributed by atoms with Crippen LogP contribution in [0, 0.1) is 0 Å². The van der Waals surface area contributed by atoms with Crippen molar-refractivity contribution in [3.63, 3.8) is 0 Å². The predicted molar refractivity (Wildman–Crippen MR) is 92.1 cm³/mol. The molecule has 0 heterocycles. The maximum atomic E-state index is 12.8. The molecular formula is C19H21NO4. The van der Waals surface area contributed by atoms with Crippen LogP contribution in [0.1, 0.15) is 18.4 Å². The molecule has 24 heavy (non-hydrogen) atoms. The highest BCUT2D eigenvalue weighted by molar-refractivity contribution is 6.01. The van der Waals surface area contributed by atoms with Gasteiger partial charge in [-0.05, 0) is 54.8 Å². The van der Waals surface area contributed by atoms with E-state index >= 15 is 0 Å². The van der Waals surface area contributed by atoms with Gasteiger partial charge in [-0.3, -0.25) is 4.79 Å². The van der Waals surface area contributed by atoms with Crippen molar-refractivity contribution in [2.75, 3.05) is 26.6 Å². The zero-order valence-electron chi connectivity index (χ0n) is 14.1. The van der Waals surface area contributed by atoms with Crippen molar-refractivity contribution in [2.24, 2.45) is 0 Å². The number of hydrogen-bond donors (Lipinski definition) is 1. The van der Waals surface area contributed by atoms with Gasteiger partial charge in [-0.2, -0.15) is 0 Å². The molecule has 0 spiro atoms. The summed E-state index contributed by atoms with van der Waals surface area (Å²) in [6.07, 6.45) is 1.65. The number of anilines is 1. The molecule has 0 atom stereocenters. The highest BCUT2D eigenvalue weighted by Gasteiger charge is 2.51. The van der Waals surface area contributed by atoms with Crippen LogP contribution in [0.5, 0.6) is 17.2 Å². The summed E-state index contributed by atoms with van der Waals surface area (Å²) < 4.78 is 15.7. The minimum Gasteiger partial charge on any atom is -0.497 e. The van der Waals surface area contributed by atoms with Crippen molar-refractivity contribution >= 4 is 11.6 Å². The van der Waals surface area contributed by atoms with Crippen molar-refractivity contribution < 1.29 is 19.0 Å². The van der Waals surface area contributed by atoms with Gasteiger partial charge in [0, 0.05) is 5.69 Å². The molecule has 0 bridgehead atoms. The van der Waals surface area contributed by atoms with Gasteiger partial charge in [-0.25, -0.2) is 0 Å². The lowest BCUT2D eigenvalue weighted by molar-refractivity contribution is -0.118. The molecule has 0 radical (unpaired) electrons. The van der Waals surface area contributed by atoms with E-state index in [1.54, 1.807) is 21.3 Å². The summed E-state index contributed by atoms with van der Waals surface area (Å²) >= 11 is 0. The van der Waals surface area contributed by atoms with E-state index in [1.165, 1.54) is 0 Å². The normalized spacial score (nSPS) is 14.6. The second-order valence-corrected chi connectivity index (χ2v) is 5.83. The van der Waals surface area contributed by atoms with Crippen molar-refractivity contribution in [3.8, 4) is 17.2 Å². The second kappa shape index (κ2) is 6.43. The van der Waals surface area contributed by atoms with Gasteiger partial charge >= 0.3 is 0 Å². The smallest absolute Gasteiger partial charge is 0.235 e. The van der Waals surface area contributed by atoms with Gasteiger partial charge in [-0.15, -0.1) is 0 Å². The zero-order chi connectivity index (χ0) is 17.2. The average Bonchev–Trinajstić information content (AvgIpc) is 3.43. The number of nitrogens with one attached hydrogen (secondary N) is 1. The average molecular weight is 327 g/mol. The second-order valence-electron chi connectivity index (χ2n) is 5.83. The van der Waals surface area contributed by atoms with Crippen LogP contribution in [0.2, 0.25) is 0 Å². The maximum absolute atomic E-state index is 12.8. The van der Waals surface area contributed by atoms with Gasteiger partial charge < -0.3 is 19.5 Å².